The van der Waals surface area contributed by atoms with Crippen LogP contribution in [0.15, 0.2) is 48.5 Å². The molecule has 1 N–H and O–H groups in total. The maximum atomic E-state index is 12.2. The molecule has 1 amide bonds. The molecule has 2 rings (SSSR count). The van der Waals surface area contributed by atoms with Gasteiger partial charge < -0.3 is 10.1 Å². The molecule has 0 bridgehead atoms. The van der Waals surface area contributed by atoms with Gasteiger partial charge in [-0.2, -0.15) is 0 Å². The van der Waals surface area contributed by atoms with Crippen molar-refractivity contribution in [3.8, 4) is 0 Å². The highest BCUT2D eigenvalue weighted by Gasteiger charge is 2.18. The van der Waals surface area contributed by atoms with E-state index in [1.165, 1.54) is 0 Å². The van der Waals surface area contributed by atoms with E-state index in [4.69, 9.17) is 4.74 Å². The van der Waals surface area contributed by atoms with Crippen molar-refractivity contribution in [1.29, 1.82) is 0 Å². The molecular weight excluding hydrogens is 302 g/mol. The summed E-state index contributed by atoms with van der Waals surface area (Å²) in [6.07, 6.45) is 0.0315. The monoisotopic (exact) mass is 325 g/mol. The predicted molar refractivity (Wildman–Crippen MR) is 94.9 cm³/mol. The standard InChI is InChI=1S/C20H23NO3/c1-14-9-10-15(2)18(13-14)21-20(23)16(3)24-19(22)12-11-17-7-5-4-6-8-17/h4-10,13,16H,11-12H2,1-3H3,(H,21,23)/t16-/m0/s1. The van der Waals surface area contributed by atoms with E-state index >= 15 is 0 Å². The molecule has 4 nitrogen and oxygen atoms in total. The van der Waals surface area contributed by atoms with Crippen LogP contribution in [0.1, 0.15) is 30.0 Å². The van der Waals surface area contributed by atoms with Crippen LogP contribution in [-0.2, 0) is 20.7 Å². The van der Waals surface area contributed by atoms with Gasteiger partial charge in [-0.05, 0) is 49.9 Å². The highest BCUT2D eigenvalue weighted by atomic mass is 16.5. The summed E-state index contributed by atoms with van der Waals surface area (Å²) in [4.78, 5) is 24.1. The fraction of sp³-hybridized carbons (Fsp3) is 0.300. The fourth-order valence-electron chi connectivity index (χ4n) is 2.31. The summed E-state index contributed by atoms with van der Waals surface area (Å²) in [6.45, 7) is 5.47. The minimum absolute atomic E-state index is 0.255. The van der Waals surface area contributed by atoms with Gasteiger partial charge >= 0.3 is 5.97 Å². The zero-order chi connectivity index (χ0) is 17.5. The number of carbonyl (C=O) groups is 2. The van der Waals surface area contributed by atoms with Gasteiger partial charge in [0.05, 0.1) is 0 Å². The predicted octanol–water partition coefficient (Wildman–Crippen LogP) is 3.81. The molecule has 126 valence electrons. The van der Waals surface area contributed by atoms with Gasteiger partial charge in [-0.3, -0.25) is 9.59 Å². The summed E-state index contributed by atoms with van der Waals surface area (Å²) in [5, 5.41) is 2.81. The Bertz CT molecular complexity index is 710. The number of hydrogen-bond donors (Lipinski definition) is 1. The Morgan fingerprint density at radius 3 is 2.50 bits per heavy atom. The first-order valence-corrected chi connectivity index (χ1v) is 8.07. The van der Waals surface area contributed by atoms with Crippen molar-refractivity contribution in [1.82, 2.24) is 0 Å². The second-order valence-corrected chi connectivity index (χ2v) is 5.93. The molecule has 2 aromatic rings. The van der Waals surface area contributed by atoms with Crippen LogP contribution in [0.2, 0.25) is 0 Å². The van der Waals surface area contributed by atoms with E-state index in [-0.39, 0.29) is 18.3 Å². The smallest absolute Gasteiger partial charge is 0.306 e. The van der Waals surface area contributed by atoms with Crippen LogP contribution in [-0.4, -0.2) is 18.0 Å². The molecular formula is C20H23NO3. The minimum Gasteiger partial charge on any atom is -0.453 e. The molecule has 0 aliphatic heterocycles. The molecule has 2 aromatic carbocycles. The number of amides is 1. The molecule has 1 atom stereocenters. The fourth-order valence-corrected chi connectivity index (χ4v) is 2.31. The lowest BCUT2D eigenvalue weighted by Gasteiger charge is -2.15. The maximum Gasteiger partial charge on any atom is 0.306 e. The summed E-state index contributed by atoms with van der Waals surface area (Å²) in [6, 6.07) is 15.5. The minimum atomic E-state index is -0.826. The van der Waals surface area contributed by atoms with Crippen molar-refractivity contribution in [2.24, 2.45) is 0 Å². The highest BCUT2D eigenvalue weighted by Crippen LogP contribution is 2.17. The van der Waals surface area contributed by atoms with E-state index in [0.717, 1.165) is 22.4 Å². The van der Waals surface area contributed by atoms with Crippen molar-refractivity contribution in [2.45, 2.75) is 39.7 Å². The number of aryl methyl sites for hydroxylation is 3. The number of anilines is 1. The normalized spacial score (nSPS) is 11.6. The van der Waals surface area contributed by atoms with Crippen LogP contribution < -0.4 is 5.32 Å². The van der Waals surface area contributed by atoms with Gasteiger partial charge in [0.1, 0.15) is 0 Å². The number of ether oxygens (including phenoxy) is 1. The summed E-state index contributed by atoms with van der Waals surface area (Å²) in [5.41, 5.74) is 3.84. The van der Waals surface area contributed by atoms with Gasteiger partial charge in [0.25, 0.3) is 5.91 Å². The van der Waals surface area contributed by atoms with Crippen LogP contribution in [0.5, 0.6) is 0 Å². The molecule has 0 aliphatic carbocycles. The average Bonchev–Trinajstić information content (AvgIpc) is 2.57. The third kappa shape index (κ3) is 5.23. The van der Waals surface area contributed by atoms with E-state index < -0.39 is 6.10 Å². The molecule has 0 spiro atoms. The van der Waals surface area contributed by atoms with Crippen LogP contribution in [0.25, 0.3) is 0 Å². The number of rotatable bonds is 6. The van der Waals surface area contributed by atoms with Gasteiger partial charge in [0.15, 0.2) is 6.10 Å². The number of hydrogen-bond acceptors (Lipinski definition) is 3. The Labute approximate surface area is 142 Å². The third-order valence-electron chi connectivity index (χ3n) is 3.79. The summed E-state index contributed by atoms with van der Waals surface area (Å²) in [5.74, 6) is -0.695. The Balaban J connectivity index is 1.84. The molecule has 0 aliphatic rings. The zero-order valence-corrected chi connectivity index (χ0v) is 14.3. The zero-order valence-electron chi connectivity index (χ0n) is 14.3. The molecule has 0 saturated heterocycles. The van der Waals surface area contributed by atoms with Crippen LogP contribution in [0.3, 0.4) is 0 Å². The first kappa shape index (κ1) is 17.7. The van der Waals surface area contributed by atoms with E-state index in [1.54, 1.807) is 6.92 Å². The van der Waals surface area contributed by atoms with Crippen molar-refractivity contribution in [3.63, 3.8) is 0 Å². The Morgan fingerprint density at radius 2 is 1.79 bits per heavy atom. The summed E-state index contributed by atoms with van der Waals surface area (Å²) in [7, 11) is 0. The van der Waals surface area contributed by atoms with Gasteiger partial charge in [0, 0.05) is 12.1 Å². The second-order valence-electron chi connectivity index (χ2n) is 5.93. The molecule has 0 fully saturated rings. The van der Waals surface area contributed by atoms with E-state index in [1.807, 2.05) is 62.4 Å². The number of benzene rings is 2. The third-order valence-corrected chi connectivity index (χ3v) is 3.79. The number of carbonyl (C=O) groups excluding carboxylic acids is 2. The van der Waals surface area contributed by atoms with Crippen molar-refractivity contribution < 1.29 is 14.3 Å². The van der Waals surface area contributed by atoms with Gasteiger partial charge in [-0.1, -0.05) is 42.5 Å². The Hall–Kier alpha value is -2.62. The summed E-state index contributed by atoms with van der Waals surface area (Å²) >= 11 is 0. The number of esters is 1. The number of nitrogens with one attached hydrogen (secondary N) is 1. The first-order valence-electron chi connectivity index (χ1n) is 8.07. The van der Waals surface area contributed by atoms with Crippen molar-refractivity contribution in [3.05, 3.63) is 65.2 Å². The van der Waals surface area contributed by atoms with E-state index in [9.17, 15) is 9.59 Å². The van der Waals surface area contributed by atoms with Crippen molar-refractivity contribution in [2.75, 3.05) is 5.32 Å². The molecule has 0 aromatic heterocycles. The van der Waals surface area contributed by atoms with Crippen molar-refractivity contribution >= 4 is 17.6 Å². The molecule has 0 unspecified atom stereocenters. The Kier molecular flexibility index (Phi) is 6.13. The molecule has 4 heteroatoms. The first-order chi connectivity index (χ1) is 11.5. The topological polar surface area (TPSA) is 55.4 Å². The van der Waals surface area contributed by atoms with Crippen LogP contribution in [0, 0.1) is 13.8 Å². The average molecular weight is 325 g/mol. The van der Waals surface area contributed by atoms with Gasteiger partial charge in [0.2, 0.25) is 0 Å². The maximum absolute atomic E-state index is 12.2. The largest absolute Gasteiger partial charge is 0.453 e. The van der Waals surface area contributed by atoms with E-state index in [0.29, 0.717) is 6.42 Å². The van der Waals surface area contributed by atoms with Gasteiger partial charge in [-0.25, -0.2) is 0 Å². The van der Waals surface area contributed by atoms with Gasteiger partial charge in [-0.15, -0.1) is 0 Å². The molecule has 0 radical (unpaired) electrons. The van der Waals surface area contributed by atoms with E-state index in [2.05, 4.69) is 5.32 Å². The SMILES string of the molecule is Cc1ccc(C)c(NC(=O)[C@H](C)OC(=O)CCc2ccccc2)c1. The molecule has 0 saturated carbocycles. The molecule has 0 heterocycles. The second kappa shape index (κ2) is 8.29. The Morgan fingerprint density at radius 1 is 1.08 bits per heavy atom. The lowest BCUT2D eigenvalue weighted by atomic mass is 10.1. The lowest BCUT2D eigenvalue weighted by molar-refractivity contribution is -0.153. The van der Waals surface area contributed by atoms with Crippen LogP contribution in [0.4, 0.5) is 5.69 Å². The lowest BCUT2D eigenvalue weighted by Crippen LogP contribution is -2.30. The quantitative estimate of drug-likeness (QED) is 0.822. The molecule has 24 heavy (non-hydrogen) atoms. The van der Waals surface area contributed by atoms with Crippen LogP contribution >= 0.6 is 0 Å². The summed E-state index contributed by atoms with van der Waals surface area (Å²) < 4.78 is 5.23. The highest BCUT2D eigenvalue weighted by molar-refractivity contribution is 5.95.